The van der Waals surface area contributed by atoms with Gasteiger partial charge in [0, 0.05) is 6.07 Å². The third-order valence-corrected chi connectivity index (χ3v) is 2.57. The van der Waals surface area contributed by atoms with Crippen molar-refractivity contribution in [2.24, 2.45) is 5.92 Å². The highest BCUT2D eigenvalue weighted by molar-refractivity contribution is 6.03. The van der Waals surface area contributed by atoms with Crippen LogP contribution in [0, 0.1) is 34.3 Å². The molecule has 0 spiro atoms. The standard InChI is InChI=1S/C12H12N2O3/c1-3-9(7-13)12(15)11-8(2)5-4-6-10(11)14(16)17/h4-6,9H,3H2,1-2H3. The van der Waals surface area contributed by atoms with Gasteiger partial charge in [0.05, 0.1) is 16.6 Å². The molecular weight excluding hydrogens is 220 g/mol. The summed E-state index contributed by atoms with van der Waals surface area (Å²) < 4.78 is 0. The molecule has 0 amide bonds. The van der Waals surface area contributed by atoms with Crippen LogP contribution in [0.1, 0.15) is 29.3 Å². The molecule has 17 heavy (non-hydrogen) atoms. The van der Waals surface area contributed by atoms with Crippen LogP contribution >= 0.6 is 0 Å². The lowest BCUT2D eigenvalue weighted by molar-refractivity contribution is -0.385. The topological polar surface area (TPSA) is 84.0 Å². The summed E-state index contributed by atoms with van der Waals surface area (Å²) in [7, 11) is 0. The lowest BCUT2D eigenvalue weighted by Crippen LogP contribution is -2.15. The number of hydrogen-bond donors (Lipinski definition) is 0. The molecule has 1 unspecified atom stereocenters. The highest BCUT2D eigenvalue weighted by Crippen LogP contribution is 2.25. The number of hydrogen-bond acceptors (Lipinski definition) is 4. The molecule has 1 aromatic carbocycles. The highest BCUT2D eigenvalue weighted by atomic mass is 16.6. The fourth-order valence-electron chi connectivity index (χ4n) is 1.63. The van der Waals surface area contributed by atoms with Gasteiger partial charge in [0.15, 0.2) is 5.78 Å². The van der Waals surface area contributed by atoms with Crippen LogP contribution in [-0.2, 0) is 0 Å². The molecule has 88 valence electrons. The summed E-state index contributed by atoms with van der Waals surface area (Å²) in [6.45, 7) is 3.33. The van der Waals surface area contributed by atoms with Crippen molar-refractivity contribution in [3.63, 3.8) is 0 Å². The number of carbonyl (C=O) groups excluding carboxylic acids is 1. The molecular formula is C12H12N2O3. The summed E-state index contributed by atoms with van der Waals surface area (Å²) in [5.41, 5.74) is 0.340. The highest BCUT2D eigenvalue weighted by Gasteiger charge is 2.27. The van der Waals surface area contributed by atoms with Crippen molar-refractivity contribution < 1.29 is 9.72 Å². The maximum Gasteiger partial charge on any atom is 0.280 e. The molecule has 0 aliphatic rings. The summed E-state index contributed by atoms with van der Waals surface area (Å²) >= 11 is 0. The second-order valence-electron chi connectivity index (χ2n) is 3.68. The van der Waals surface area contributed by atoms with Crippen molar-refractivity contribution in [3.05, 3.63) is 39.4 Å². The quantitative estimate of drug-likeness (QED) is 0.453. The van der Waals surface area contributed by atoms with Crippen molar-refractivity contribution >= 4 is 11.5 Å². The zero-order valence-electron chi connectivity index (χ0n) is 9.64. The van der Waals surface area contributed by atoms with Gasteiger partial charge in [-0.2, -0.15) is 5.26 Å². The molecule has 1 atom stereocenters. The van der Waals surface area contributed by atoms with E-state index in [2.05, 4.69) is 0 Å². The fraction of sp³-hybridized carbons (Fsp3) is 0.333. The Morgan fingerprint density at radius 1 is 1.59 bits per heavy atom. The fourth-order valence-corrected chi connectivity index (χ4v) is 1.63. The maximum absolute atomic E-state index is 12.0. The number of rotatable bonds is 4. The van der Waals surface area contributed by atoms with E-state index in [9.17, 15) is 14.9 Å². The van der Waals surface area contributed by atoms with Gasteiger partial charge in [0.2, 0.25) is 0 Å². The second-order valence-corrected chi connectivity index (χ2v) is 3.68. The first-order valence-electron chi connectivity index (χ1n) is 5.20. The smallest absolute Gasteiger partial charge is 0.280 e. The van der Waals surface area contributed by atoms with E-state index < -0.39 is 16.6 Å². The Morgan fingerprint density at radius 3 is 2.71 bits per heavy atom. The number of aryl methyl sites for hydroxylation is 1. The Kier molecular flexibility index (Phi) is 3.94. The molecule has 0 aromatic heterocycles. The number of Topliss-reactive ketones (excluding diaryl/α,β-unsaturated/α-hetero) is 1. The number of nitriles is 1. The summed E-state index contributed by atoms with van der Waals surface area (Å²) in [4.78, 5) is 22.3. The van der Waals surface area contributed by atoms with Crippen LogP contribution in [-0.4, -0.2) is 10.7 Å². The van der Waals surface area contributed by atoms with E-state index in [1.54, 1.807) is 19.9 Å². The summed E-state index contributed by atoms with van der Waals surface area (Å²) in [5.74, 6) is -1.30. The van der Waals surface area contributed by atoms with Crippen LogP contribution in [0.25, 0.3) is 0 Å². The maximum atomic E-state index is 12.0. The van der Waals surface area contributed by atoms with Crippen molar-refractivity contribution in [2.45, 2.75) is 20.3 Å². The largest absolute Gasteiger partial charge is 0.292 e. The van der Waals surface area contributed by atoms with E-state index in [4.69, 9.17) is 5.26 Å². The Bertz CT molecular complexity index is 503. The molecule has 5 nitrogen and oxygen atoms in total. The number of carbonyl (C=O) groups is 1. The number of benzene rings is 1. The van der Waals surface area contributed by atoms with Gasteiger partial charge in [-0.05, 0) is 18.9 Å². The van der Waals surface area contributed by atoms with Gasteiger partial charge in [-0.25, -0.2) is 0 Å². The van der Waals surface area contributed by atoms with Gasteiger partial charge in [0.1, 0.15) is 5.92 Å². The molecule has 0 N–H and O–H groups in total. The molecule has 0 heterocycles. The summed E-state index contributed by atoms with van der Waals surface area (Å²) in [6, 6.07) is 6.31. The molecule has 1 aromatic rings. The van der Waals surface area contributed by atoms with Gasteiger partial charge in [0.25, 0.3) is 5.69 Å². The predicted octanol–water partition coefficient (Wildman–Crippen LogP) is 2.64. The van der Waals surface area contributed by atoms with Crippen LogP contribution < -0.4 is 0 Å². The number of nitro groups is 1. The summed E-state index contributed by atoms with van der Waals surface area (Å²) in [5, 5.41) is 19.7. The average Bonchev–Trinajstić information content (AvgIpc) is 2.29. The minimum Gasteiger partial charge on any atom is -0.292 e. The van der Waals surface area contributed by atoms with E-state index in [1.807, 2.05) is 6.07 Å². The van der Waals surface area contributed by atoms with Crippen LogP contribution in [0.4, 0.5) is 5.69 Å². The lowest BCUT2D eigenvalue weighted by Gasteiger charge is -2.08. The molecule has 0 saturated carbocycles. The van der Waals surface area contributed by atoms with Gasteiger partial charge in [-0.3, -0.25) is 14.9 Å². The number of nitrogens with zero attached hydrogens (tertiary/aromatic N) is 2. The van der Waals surface area contributed by atoms with Crippen molar-refractivity contribution in [2.75, 3.05) is 0 Å². The Labute approximate surface area is 98.8 Å². The molecule has 0 bridgehead atoms. The van der Waals surface area contributed by atoms with Crippen molar-refractivity contribution in [1.29, 1.82) is 5.26 Å². The average molecular weight is 232 g/mol. The molecule has 5 heteroatoms. The predicted molar refractivity (Wildman–Crippen MR) is 61.6 cm³/mol. The first-order chi connectivity index (χ1) is 8.02. The molecule has 1 rings (SSSR count). The molecule has 0 fully saturated rings. The molecule has 0 saturated heterocycles. The van der Waals surface area contributed by atoms with Gasteiger partial charge >= 0.3 is 0 Å². The van der Waals surface area contributed by atoms with Crippen molar-refractivity contribution in [3.8, 4) is 6.07 Å². The number of ketones is 1. The first kappa shape index (κ1) is 12.8. The van der Waals surface area contributed by atoms with Crippen LogP contribution in [0.5, 0.6) is 0 Å². The Balaban J connectivity index is 3.35. The third kappa shape index (κ3) is 2.48. The zero-order valence-corrected chi connectivity index (χ0v) is 9.64. The van der Waals surface area contributed by atoms with E-state index in [1.165, 1.54) is 12.1 Å². The SMILES string of the molecule is CCC(C#N)C(=O)c1c(C)cccc1[N+](=O)[O-]. The van der Waals surface area contributed by atoms with E-state index in [-0.39, 0.29) is 11.3 Å². The second kappa shape index (κ2) is 5.21. The Morgan fingerprint density at radius 2 is 2.24 bits per heavy atom. The van der Waals surface area contributed by atoms with Crippen LogP contribution in [0.15, 0.2) is 18.2 Å². The normalized spacial score (nSPS) is 11.6. The van der Waals surface area contributed by atoms with Crippen molar-refractivity contribution in [1.82, 2.24) is 0 Å². The van der Waals surface area contributed by atoms with Gasteiger partial charge in [-0.1, -0.05) is 19.1 Å². The Hall–Kier alpha value is -2.22. The number of nitro benzene ring substituents is 1. The van der Waals surface area contributed by atoms with E-state index >= 15 is 0 Å². The monoisotopic (exact) mass is 232 g/mol. The molecule has 0 radical (unpaired) electrons. The summed E-state index contributed by atoms with van der Waals surface area (Å²) in [6.07, 6.45) is 0.348. The minimum absolute atomic E-state index is 0.0471. The van der Waals surface area contributed by atoms with E-state index in [0.717, 1.165) is 0 Å². The first-order valence-corrected chi connectivity index (χ1v) is 5.20. The minimum atomic E-state index is -0.824. The van der Waals surface area contributed by atoms with Gasteiger partial charge in [-0.15, -0.1) is 0 Å². The third-order valence-electron chi connectivity index (χ3n) is 2.57. The van der Waals surface area contributed by atoms with Gasteiger partial charge < -0.3 is 0 Å². The lowest BCUT2D eigenvalue weighted by atomic mass is 9.92. The van der Waals surface area contributed by atoms with Crippen LogP contribution in [0.2, 0.25) is 0 Å². The van der Waals surface area contributed by atoms with Crippen LogP contribution in [0.3, 0.4) is 0 Å². The van der Waals surface area contributed by atoms with E-state index in [0.29, 0.717) is 12.0 Å². The molecule has 0 aliphatic heterocycles. The molecule has 0 aliphatic carbocycles. The zero-order chi connectivity index (χ0) is 13.0.